The van der Waals surface area contributed by atoms with Gasteiger partial charge in [-0.15, -0.1) is 0 Å². The number of anilines is 1. The van der Waals surface area contributed by atoms with Crippen molar-refractivity contribution < 1.29 is 31.8 Å². The van der Waals surface area contributed by atoms with Crippen LogP contribution in [0.1, 0.15) is 6.92 Å². The predicted octanol–water partition coefficient (Wildman–Crippen LogP) is 4.03. The number of carbonyl (C=O) groups is 1. The first-order valence-corrected chi connectivity index (χ1v) is 11.0. The number of halogens is 1. The number of esters is 1. The fourth-order valence-corrected chi connectivity index (χ4v) is 3.93. The summed E-state index contributed by atoms with van der Waals surface area (Å²) in [4.78, 5) is 12.4. The summed E-state index contributed by atoms with van der Waals surface area (Å²) in [6.45, 7) is 1.51. The number of ether oxygens (including phenoxy) is 3. The van der Waals surface area contributed by atoms with Crippen LogP contribution >= 0.6 is 0 Å². The molecule has 0 spiro atoms. The highest BCUT2D eigenvalue weighted by Gasteiger charge is 2.22. The van der Waals surface area contributed by atoms with Crippen LogP contribution in [0.5, 0.6) is 17.2 Å². The van der Waals surface area contributed by atoms with Gasteiger partial charge in [-0.3, -0.25) is 4.31 Å². The second-order valence-corrected chi connectivity index (χ2v) is 8.75. The summed E-state index contributed by atoms with van der Waals surface area (Å²) in [7, 11) is -0.851. The molecule has 7 nitrogen and oxygen atoms in total. The average Bonchev–Trinajstić information content (AvgIpc) is 2.80. The van der Waals surface area contributed by atoms with E-state index in [1.54, 1.807) is 12.1 Å². The van der Waals surface area contributed by atoms with Crippen LogP contribution in [0.4, 0.5) is 10.1 Å². The Labute approximate surface area is 186 Å². The zero-order chi connectivity index (χ0) is 23.3. The Bertz CT molecular complexity index is 1160. The van der Waals surface area contributed by atoms with E-state index in [0.29, 0.717) is 17.2 Å². The zero-order valence-electron chi connectivity index (χ0n) is 17.7. The van der Waals surface area contributed by atoms with Crippen molar-refractivity contribution in [2.75, 3.05) is 18.5 Å². The fourth-order valence-electron chi connectivity index (χ4n) is 2.73. The van der Waals surface area contributed by atoms with Crippen LogP contribution in [0.25, 0.3) is 0 Å². The van der Waals surface area contributed by atoms with E-state index >= 15 is 0 Å². The van der Waals surface area contributed by atoms with Gasteiger partial charge in [-0.05, 0) is 79.7 Å². The number of hydrogen-bond donors (Lipinski definition) is 0. The molecule has 0 heterocycles. The summed E-state index contributed by atoms with van der Waals surface area (Å²) in [5.41, 5.74) is 0.385. The molecule has 3 rings (SSSR count). The molecule has 0 saturated carbocycles. The number of hydrogen-bond acceptors (Lipinski definition) is 6. The highest BCUT2D eigenvalue weighted by Crippen LogP contribution is 2.26. The minimum atomic E-state index is -3.78. The lowest BCUT2D eigenvalue weighted by Gasteiger charge is -2.20. The van der Waals surface area contributed by atoms with Gasteiger partial charge in [0.15, 0.2) is 6.10 Å². The Morgan fingerprint density at radius 1 is 0.875 bits per heavy atom. The zero-order valence-corrected chi connectivity index (χ0v) is 18.5. The summed E-state index contributed by atoms with van der Waals surface area (Å²) < 4.78 is 55.5. The third-order valence-corrected chi connectivity index (χ3v) is 6.39. The molecule has 3 aromatic rings. The number of methoxy groups -OCH3 is 1. The van der Waals surface area contributed by atoms with E-state index < -0.39 is 27.9 Å². The van der Waals surface area contributed by atoms with Crippen molar-refractivity contribution in [1.29, 1.82) is 0 Å². The molecule has 1 atom stereocenters. The first-order valence-electron chi connectivity index (χ1n) is 9.57. The first kappa shape index (κ1) is 23.1. The first-order chi connectivity index (χ1) is 15.2. The molecule has 0 saturated heterocycles. The molecule has 0 aliphatic heterocycles. The maximum atomic E-state index is 13.0. The number of benzene rings is 3. The Morgan fingerprint density at radius 3 is 1.97 bits per heavy atom. The largest absolute Gasteiger partial charge is 0.497 e. The second-order valence-electron chi connectivity index (χ2n) is 6.78. The SMILES string of the molecule is COc1ccc(S(=O)(=O)N(C)c2ccc(OC(=O)[C@H](C)Oc3ccc(F)cc3)cc2)cc1. The van der Waals surface area contributed by atoms with Gasteiger partial charge in [0.25, 0.3) is 10.0 Å². The summed E-state index contributed by atoms with van der Waals surface area (Å²) in [5.74, 6) is 0.0449. The minimum Gasteiger partial charge on any atom is -0.497 e. The molecular weight excluding hydrogens is 437 g/mol. The van der Waals surface area contributed by atoms with Crippen LogP contribution in [0.15, 0.2) is 77.7 Å². The molecule has 0 fully saturated rings. The molecule has 0 radical (unpaired) electrons. The van der Waals surface area contributed by atoms with E-state index in [1.807, 2.05) is 0 Å². The van der Waals surface area contributed by atoms with Gasteiger partial charge < -0.3 is 14.2 Å². The lowest BCUT2D eigenvalue weighted by atomic mass is 10.3. The van der Waals surface area contributed by atoms with Crippen LogP contribution in [-0.4, -0.2) is 34.6 Å². The lowest BCUT2D eigenvalue weighted by Crippen LogP contribution is -2.28. The minimum absolute atomic E-state index is 0.114. The van der Waals surface area contributed by atoms with E-state index in [2.05, 4.69) is 0 Å². The molecule has 168 valence electrons. The molecule has 0 unspecified atom stereocenters. The average molecular weight is 459 g/mol. The highest BCUT2D eigenvalue weighted by atomic mass is 32.2. The van der Waals surface area contributed by atoms with Gasteiger partial charge in [-0.25, -0.2) is 17.6 Å². The van der Waals surface area contributed by atoms with Crippen LogP contribution in [-0.2, 0) is 14.8 Å². The number of sulfonamides is 1. The molecule has 32 heavy (non-hydrogen) atoms. The molecular formula is C23H22FNO6S. The van der Waals surface area contributed by atoms with Crippen molar-refractivity contribution >= 4 is 21.7 Å². The summed E-state index contributed by atoms with van der Waals surface area (Å²) in [5, 5.41) is 0. The van der Waals surface area contributed by atoms with Crippen molar-refractivity contribution in [2.45, 2.75) is 17.9 Å². The van der Waals surface area contributed by atoms with Gasteiger partial charge in [-0.2, -0.15) is 0 Å². The molecule has 0 aliphatic rings. The van der Waals surface area contributed by atoms with Gasteiger partial charge in [0.05, 0.1) is 17.7 Å². The van der Waals surface area contributed by atoms with Crippen LogP contribution in [0, 0.1) is 5.82 Å². The number of rotatable bonds is 8. The molecule has 0 aromatic heterocycles. The summed E-state index contributed by atoms with van der Waals surface area (Å²) >= 11 is 0. The van der Waals surface area contributed by atoms with E-state index in [-0.39, 0.29) is 10.6 Å². The van der Waals surface area contributed by atoms with Gasteiger partial charge >= 0.3 is 5.97 Å². The van der Waals surface area contributed by atoms with Gasteiger partial charge in [0, 0.05) is 7.05 Å². The molecule has 0 N–H and O–H groups in total. The van der Waals surface area contributed by atoms with E-state index in [0.717, 1.165) is 4.31 Å². The Balaban J connectivity index is 1.65. The second kappa shape index (κ2) is 9.69. The van der Waals surface area contributed by atoms with Crippen molar-refractivity contribution in [3.63, 3.8) is 0 Å². The predicted molar refractivity (Wildman–Crippen MR) is 117 cm³/mol. The normalized spacial score (nSPS) is 12.0. The Kier molecular flexibility index (Phi) is 6.99. The standard InChI is InChI=1S/C23H22FNO6S/c1-16(30-20-8-4-17(24)5-9-20)23(26)31-21-10-6-18(7-11-21)25(2)32(27,28)22-14-12-19(29-3)13-15-22/h4-16H,1-3H3/t16-/m0/s1. The third-order valence-electron chi connectivity index (χ3n) is 4.60. The van der Waals surface area contributed by atoms with Gasteiger partial charge in [-0.1, -0.05) is 0 Å². The van der Waals surface area contributed by atoms with E-state index in [9.17, 15) is 17.6 Å². The summed E-state index contributed by atoms with van der Waals surface area (Å²) in [6, 6.07) is 17.3. The van der Waals surface area contributed by atoms with Gasteiger partial charge in [0.1, 0.15) is 23.1 Å². The van der Waals surface area contributed by atoms with E-state index in [4.69, 9.17) is 14.2 Å². The van der Waals surface area contributed by atoms with Crippen molar-refractivity contribution in [3.05, 3.63) is 78.6 Å². The van der Waals surface area contributed by atoms with Crippen molar-refractivity contribution in [3.8, 4) is 17.2 Å². The lowest BCUT2D eigenvalue weighted by molar-refractivity contribution is -0.141. The third kappa shape index (κ3) is 5.36. The van der Waals surface area contributed by atoms with Crippen LogP contribution < -0.4 is 18.5 Å². The Hall–Kier alpha value is -3.59. The molecule has 3 aromatic carbocycles. The number of carbonyl (C=O) groups excluding carboxylic acids is 1. The Morgan fingerprint density at radius 2 is 1.41 bits per heavy atom. The molecule has 9 heteroatoms. The van der Waals surface area contributed by atoms with Crippen molar-refractivity contribution in [1.82, 2.24) is 0 Å². The maximum Gasteiger partial charge on any atom is 0.352 e. The molecule has 0 amide bonds. The van der Waals surface area contributed by atoms with Crippen LogP contribution in [0.2, 0.25) is 0 Å². The van der Waals surface area contributed by atoms with Gasteiger partial charge in [0.2, 0.25) is 0 Å². The monoisotopic (exact) mass is 459 g/mol. The van der Waals surface area contributed by atoms with Crippen molar-refractivity contribution in [2.24, 2.45) is 0 Å². The van der Waals surface area contributed by atoms with E-state index in [1.165, 1.54) is 81.7 Å². The highest BCUT2D eigenvalue weighted by molar-refractivity contribution is 7.92. The number of nitrogens with zero attached hydrogens (tertiary/aromatic N) is 1. The molecule has 0 bridgehead atoms. The topological polar surface area (TPSA) is 82.1 Å². The van der Waals surface area contributed by atoms with Crippen LogP contribution in [0.3, 0.4) is 0 Å². The summed E-state index contributed by atoms with van der Waals surface area (Å²) in [6.07, 6.45) is -0.932. The quantitative estimate of drug-likeness (QED) is 0.374. The fraction of sp³-hybridized carbons (Fsp3) is 0.174. The molecule has 0 aliphatic carbocycles. The smallest absolute Gasteiger partial charge is 0.352 e. The maximum absolute atomic E-state index is 13.0.